The molecule has 31 heavy (non-hydrogen) atoms. The standard InChI is InChI=1S/C25H29N6/c1-17-15-18(2)21(19(3)16-17)25(24(11-12-24)23-30(4)13-14-31(23)5)28-26-22(27-29-25)20-9-7-6-8-10-20/h6-10,13-16,28H,11-12H2,1-5H3/q+1. The number of nitrogens with one attached hydrogen (secondary N) is 1. The van der Waals surface area contributed by atoms with Crippen LogP contribution in [-0.2, 0) is 25.2 Å². The fraction of sp³-hybridized carbons (Fsp3) is 0.360. The van der Waals surface area contributed by atoms with Gasteiger partial charge < -0.3 is 0 Å². The van der Waals surface area contributed by atoms with Gasteiger partial charge in [-0.25, -0.2) is 9.13 Å². The van der Waals surface area contributed by atoms with E-state index in [0.29, 0.717) is 5.84 Å². The van der Waals surface area contributed by atoms with Crippen LogP contribution >= 0.6 is 0 Å². The molecule has 1 saturated carbocycles. The van der Waals surface area contributed by atoms with Gasteiger partial charge in [-0.05, 0) is 44.7 Å². The van der Waals surface area contributed by atoms with Gasteiger partial charge in [-0.3, -0.25) is 5.43 Å². The first-order chi connectivity index (χ1) is 14.9. The molecule has 0 amide bonds. The Balaban J connectivity index is 1.72. The molecule has 6 nitrogen and oxygen atoms in total. The predicted molar refractivity (Wildman–Crippen MR) is 121 cm³/mol. The summed E-state index contributed by atoms with van der Waals surface area (Å²) in [5, 5.41) is 14.6. The van der Waals surface area contributed by atoms with Crippen LogP contribution < -0.4 is 9.99 Å². The van der Waals surface area contributed by atoms with Crippen LogP contribution in [0.25, 0.3) is 0 Å². The van der Waals surface area contributed by atoms with Crippen LogP contribution in [0, 0.1) is 20.8 Å². The Kier molecular flexibility index (Phi) is 4.36. The van der Waals surface area contributed by atoms with Crippen molar-refractivity contribution in [2.45, 2.75) is 44.7 Å². The highest BCUT2D eigenvalue weighted by Crippen LogP contribution is 2.61. The maximum absolute atomic E-state index is 5.07. The van der Waals surface area contributed by atoms with Crippen LogP contribution in [0.1, 0.15) is 46.5 Å². The molecular formula is C25H29N6+. The Morgan fingerprint density at radius 3 is 2.23 bits per heavy atom. The molecule has 5 rings (SSSR count). The highest BCUT2D eigenvalue weighted by Gasteiger charge is 2.69. The van der Waals surface area contributed by atoms with Crippen LogP contribution in [0.2, 0.25) is 0 Å². The van der Waals surface area contributed by atoms with Gasteiger partial charge in [0.1, 0.15) is 17.8 Å². The fourth-order valence-electron chi connectivity index (χ4n) is 5.45. The summed E-state index contributed by atoms with van der Waals surface area (Å²) >= 11 is 0. The molecule has 158 valence electrons. The summed E-state index contributed by atoms with van der Waals surface area (Å²) in [5.74, 6) is 1.85. The number of hydrogen-bond donors (Lipinski definition) is 1. The summed E-state index contributed by atoms with van der Waals surface area (Å²) in [4.78, 5) is 0. The second kappa shape index (κ2) is 6.87. The Labute approximate surface area is 183 Å². The van der Waals surface area contributed by atoms with Gasteiger partial charge in [0.2, 0.25) is 11.5 Å². The quantitative estimate of drug-likeness (QED) is 0.644. The van der Waals surface area contributed by atoms with E-state index in [1.165, 1.54) is 28.1 Å². The van der Waals surface area contributed by atoms with Gasteiger partial charge in [-0.1, -0.05) is 48.0 Å². The van der Waals surface area contributed by atoms with Crippen molar-refractivity contribution < 1.29 is 4.57 Å². The average molecular weight is 414 g/mol. The first-order valence-electron chi connectivity index (χ1n) is 10.8. The normalized spacial score (nSPS) is 21.5. The summed E-state index contributed by atoms with van der Waals surface area (Å²) in [6, 6.07) is 14.5. The number of aryl methyl sites for hydroxylation is 5. The molecule has 0 spiro atoms. The lowest BCUT2D eigenvalue weighted by Gasteiger charge is -2.38. The first-order valence-corrected chi connectivity index (χ1v) is 10.8. The molecule has 0 bridgehead atoms. The van der Waals surface area contributed by atoms with E-state index in [4.69, 9.17) is 15.3 Å². The second-order valence-electron chi connectivity index (χ2n) is 9.02. The number of hydrazone groups is 1. The van der Waals surface area contributed by atoms with E-state index in [0.717, 1.165) is 18.4 Å². The van der Waals surface area contributed by atoms with Crippen LogP contribution in [0.5, 0.6) is 0 Å². The van der Waals surface area contributed by atoms with Crippen LogP contribution in [0.15, 0.2) is 70.2 Å². The van der Waals surface area contributed by atoms with Crippen molar-refractivity contribution in [1.82, 2.24) is 9.99 Å². The summed E-state index contributed by atoms with van der Waals surface area (Å²) < 4.78 is 4.42. The number of aromatic nitrogens is 2. The molecule has 1 atom stereocenters. The number of hydrogen-bond acceptors (Lipinski definition) is 4. The lowest BCUT2D eigenvalue weighted by Crippen LogP contribution is -2.55. The minimum atomic E-state index is -0.753. The van der Waals surface area contributed by atoms with Crippen molar-refractivity contribution in [3.8, 4) is 0 Å². The highest BCUT2D eigenvalue weighted by atomic mass is 15.5. The van der Waals surface area contributed by atoms with E-state index in [2.05, 4.69) is 74.0 Å². The Hall–Kier alpha value is -3.28. The largest absolute Gasteiger partial charge is 0.274 e. The Morgan fingerprint density at radius 2 is 1.71 bits per heavy atom. The van der Waals surface area contributed by atoms with Gasteiger partial charge in [0, 0.05) is 11.1 Å². The number of nitrogens with zero attached hydrogens (tertiary/aromatic N) is 5. The van der Waals surface area contributed by atoms with E-state index in [-0.39, 0.29) is 5.41 Å². The van der Waals surface area contributed by atoms with E-state index in [1.807, 2.05) is 30.3 Å². The van der Waals surface area contributed by atoms with Crippen molar-refractivity contribution in [3.05, 3.63) is 88.5 Å². The van der Waals surface area contributed by atoms with E-state index >= 15 is 0 Å². The van der Waals surface area contributed by atoms with Crippen LogP contribution in [0.3, 0.4) is 0 Å². The van der Waals surface area contributed by atoms with Crippen molar-refractivity contribution in [2.24, 2.45) is 29.4 Å². The first kappa shape index (κ1) is 19.7. The lowest BCUT2D eigenvalue weighted by molar-refractivity contribution is -0.682. The maximum atomic E-state index is 5.07. The van der Waals surface area contributed by atoms with Crippen molar-refractivity contribution in [2.75, 3.05) is 0 Å². The molecule has 2 aliphatic rings. The zero-order chi connectivity index (χ0) is 21.8. The van der Waals surface area contributed by atoms with Gasteiger partial charge in [0.05, 0.1) is 14.1 Å². The van der Waals surface area contributed by atoms with Gasteiger partial charge in [0.25, 0.3) is 5.82 Å². The lowest BCUT2D eigenvalue weighted by atomic mass is 9.78. The third-order valence-corrected chi connectivity index (χ3v) is 6.74. The van der Waals surface area contributed by atoms with Gasteiger partial charge in [-0.15, -0.1) is 5.11 Å². The summed E-state index contributed by atoms with van der Waals surface area (Å²) in [7, 11) is 4.22. The molecule has 0 saturated heterocycles. The molecule has 1 fully saturated rings. The SMILES string of the molecule is Cc1cc(C)c(C2(C3(c4n(C)cc[n+]4C)CC3)N=NC(c3ccccc3)=NN2)c(C)c1. The minimum absolute atomic E-state index is 0.222. The van der Waals surface area contributed by atoms with Gasteiger partial charge >= 0.3 is 0 Å². The number of benzene rings is 2. The van der Waals surface area contributed by atoms with Crippen molar-refractivity contribution in [1.29, 1.82) is 0 Å². The highest BCUT2D eigenvalue weighted by molar-refractivity contribution is 5.99. The predicted octanol–water partition coefficient (Wildman–Crippen LogP) is 4.08. The van der Waals surface area contributed by atoms with Crippen LogP contribution in [-0.4, -0.2) is 10.4 Å². The number of azo groups is 1. The molecule has 1 aliphatic heterocycles. The molecule has 6 heteroatoms. The zero-order valence-corrected chi connectivity index (χ0v) is 18.8. The molecule has 1 aliphatic carbocycles. The van der Waals surface area contributed by atoms with Gasteiger partial charge in [0.15, 0.2) is 0 Å². The molecule has 0 radical (unpaired) electrons. The monoisotopic (exact) mass is 413 g/mol. The topological polar surface area (TPSA) is 57.9 Å². The van der Waals surface area contributed by atoms with Crippen molar-refractivity contribution in [3.63, 3.8) is 0 Å². The van der Waals surface area contributed by atoms with Crippen molar-refractivity contribution >= 4 is 5.84 Å². The molecule has 2 aromatic carbocycles. The fourth-order valence-corrected chi connectivity index (χ4v) is 5.45. The third kappa shape index (κ3) is 2.85. The Bertz CT molecular complexity index is 1170. The number of imidazole rings is 1. The average Bonchev–Trinajstić information content (AvgIpc) is 3.48. The number of amidine groups is 1. The zero-order valence-electron chi connectivity index (χ0n) is 18.8. The smallest absolute Gasteiger partial charge is 0.267 e. The maximum Gasteiger partial charge on any atom is 0.267 e. The van der Waals surface area contributed by atoms with Gasteiger partial charge in [-0.2, -0.15) is 10.2 Å². The summed E-state index contributed by atoms with van der Waals surface area (Å²) in [6.45, 7) is 6.49. The van der Waals surface area contributed by atoms with E-state index in [9.17, 15) is 0 Å². The third-order valence-electron chi connectivity index (χ3n) is 6.74. The van der Waals surface area contributed by atoms with Crippen LogP contribution in [0.4, 0.5) is 0 Å². The Morgan fingerprint density at radius 1 is 1.03 bits per heavy atom. The molecule has 1 aromatic heterocycles. The summed E-state index contributed by atoms with van der Waals surface area (Å²) in [5.41, 5.74) is 8.39. The molecular weight excluding hydrogens is 384 g/mol. The van der Waals surface area contributed by atoms with E-state index in [1.54, 1.807) is 0 Å². The molecule has 1 N–H and O–H groups in total. The number of rotatable bonds is 4. The minimum Gasteiger partial charge on any atom is -0.274 e. The molecule has 2 heterocycles. The second-order valence-corrected chi connectivity index (χ2v) is 9.02. The molecule has 1 unspecified atom stereocenters. The molecule has 3 aromatic rings. The summed E-state index contributed by atoms with van der Waals surface area (Å²) in [6.07, 6.45) is 6.26. The van der Waals surface area contributed by atoms with E-state index < -0.39 is 5.66 Å².